The Morgan fingerprint density at radius 3 is 2.69 bits per heavy atom. The molecule has 1 spiro atoms. The standard InChI is InChI=1S/C19H22FN3O3/c20-14-4-1-3-13(11-14)18(25)23-9-7-19(8-10-23)12-16(22-26-19)17(24)21-15-5-2-6-15/h1,3-4,11,15H,2,5-10,12H2,(H,21,24). The smallest absolute Gasteiger partial charge is 0.269 e. The molecule has 0 bridgehead atoms. The number of halogens is 1. The fraction of sp³-hybridized carbons (Fsp3) is 0.526. The molecule has 6 nitrogen and oxygen atoms in total. The first-order valence-corrected chi connectivity index (χ1v) is 9.15. The van der Waals surface area contributed by atoms with E-state index in [4.69, 9.17) is 4.84 Å². The van der Waals surface area contributed by atoms with E-state index in [-0.39, 0.29) is 17.9 Å². The molecule has 2 fully saturated rings. The van der Waals surface area contributed by atoms with Crippen molar-refractivity contribution in [2.75, 3.05) is 13.1 Å². The van der Waals surface area contributed by atoms with Gasteiger partial charge in [-0.2, -0.15) is 0 Å². The van der Waals surface area contributed by atoms with Crippen LogP contribution in [-0.4, -0.2) is 47.2 Å². The van der Waals surface area contributed by atoms with Gasteiger partial charge >= 0.3 is 0 Å². The molecule has 1 saturated carbocycles. The van der Waals surface area contributed by atoms with Gasteiger partial charge in [-0.25, -0.2) is 4.39 Å². The Hall–Kier alpha value is -2.44. The van der Waals surface area contributed by atoms with Crippen LogP contribution >= 0.6 is 0 Å². The number of benzene rings is 1. The van der Waals surface area contributed by atoms with E-state index in [0.29, 0.717) is 43.6 Å². The maximum Gasteiger partial charge on any atom is 0.269 e. The van der Waals surface area contributed by atoms with Crippen LogP contribution in [0.3, 0.4) is 0 Å². The van der Waals surface area contributed by atoms with Gasteiger partial charge in [0.25, 0.3) is 11.8 Å². The number of amides is 2. The van der Waals surface area contributed by atoms with Gasteiger partial charge in [0.2, 0.25) is 0 Å². The van der Waals surface area contributed by atoms with Crippen LogP contribution in [0.2, 0.25) is 0 Å². The lowest BCUT2D eigenvalue weighted by Crippen LogP contribution is -2.48. The summed E-state index contributed by atoms with van der Waals surface area (Å²) < 4.78 is 13.3. The number of hydrogen-bond acceptors (Lipinski definition) is 4. The average molecular weight is 359 g/mol. The van der Waals surface area contributed by atoms with E-state index in [2.05, 4.69) is 10.5 Å². The number of likely N-dealkylation sites (tertiary alicyclic amines) is 1. The molecule has 3 aliphatic rings. The molecular formula is C19H22FN3O3. The van der Waals surface area contributed by atoms with Gasteiger partial charge in [0.05, 0.1) is 0 Å². The molecule has 2 amide bonds. The predicted molar refractivity (Wildman–Crippen MR) is 93.2 cm³/mol. The fourth-order valence-corrected chi connectivity index (χ4v) is 3.65. The van der Waals surface area contributed by atoms with Crippen molar-refractivity contribution in [3.8, 4) is 0 Å². The average Bonchev–Trinajstić information content (AvgIpc) is 3.02. The molecule has 0 atom stereocenters. The van der Waals surface area contributed by atoms with Crippen LogP contribution in [-0.2, 0) is 9.63 Å². The first-order chi connectivity index (χ1) is 12.5. The zero-order valence-corrected chi connectivity index (χ0v) is 14.5. The highest BCUT2D eigenvalue weighted by Gasteiger charge is 2.44. The summed E-state index contributed by atoms with van der Waals surface area (Å²) in [5.41, 5.74) is 0.303. The van der Waals surface area contributed by atoms with Crippen LogP contribution in [0.1, 0.15) is 48.9 Å². The molecule has 1 saturated heterocycles. The van der Waals surface area contributed by atoms with Gasteiger partial charge in [-0.3, -0.25) is 9.59 Å². The maximum atomic E-state index is 13.3. The zero-order chi connectivity index (χ0) is 18.1. The molecule has 7 heteroatoms. The fourth-order valence-electron chi connectivity index (χ4n) is 3.65. The van der Waals surface area contributed by atoms with Crippen molar-refractivity contribution in [2.45, 2.75) is 50.2 Å². The predicted octanol–water partition coefficient (Wildman–Crippen LogP) is 2.25. The van der Waals surface area contributed by atoms with E-state index < -0.39 is 11.4 Å². The van der Waals surface area contributed by atoms with Crippen LogP contribution in [0.15, 0.2) is 29.4 Å². The molecule has 1 N–H and O–H groups in total. The Kier molecular flexibility index (Phi) is 4.38. The summed E-state index contributed by atoms with van der Waals surface area (Å²) in [6, 6.07) is 6.00. The molecule has 26 heavy (non-hydrogen) atoms. The maximum absolute atomic E-state index is 13.3. The van der Waals surface area contributed by atoms with E-state index in [1.807, 2.05) is 0 Å². The summed E-state index contributed by atoms with van der Waals surface area (Å²) in [7, 11) is 0. The quantitative estimate of drug-likeness (QED) is 0.900. The number of hydrogen-bond donors (Lipinski definition) is 1. The second kappa shape index (κ2) is 6.70. The first kappa shape index (κ1) is 17.0. The highest BCUT2D eigenvalue weighted by atomic mass is 19.1. The molecule has 1 aliphatic carbocycles. The van der Waals surface area contributed by atoms with Crippen molar-refractivity contribution < 1.29 is 18.8 Å². The Balaban J connectivity index is 1.32. The SMILES string of the molecule is O=C(NC1CCC1)C1=NOC2(CCN(C(=O)c3cccc(F)c3)CC2)C1. The van der Waals surface area contributed by atoms with Gasteiger partial charge in [0, 0.05) is 44.0 Å². The minimum Gasteiger partial charge on any atom is -0.388 e. The van der Waals surface area contributed by atoms with Crippen molar-refractivity contribution in [1.82, 2.24) is 10.2 Å². The Bertz CT molecular complexity index is 752. The van der Waals surface area contributed by atoms with Gasteiger partial charge in [0.15, 0.2) is 0 Å². The third-order valence-electron chi connectivity index (χ3n) is 5.58. The number of rotatable bonds is 3. The monoisotopic (exact) mass is 359 g/mol. The topological polar surface area (TPSA) is 71.0 Å². The summed E-state index contributed by atoms with van der Waals surface area (Å²) in [5, 5.41) is 7.00. The van der Waals surface area contributed by atoms with E-state index in [1.165, 1.54) is 18.2 Å². The number of piperidine rings is 1. The van der Waals surface area contributed by atoms with E-state index >= 15 is 0 Å². The van der Waals surface area contributed by atoms with Gasteiger partial charge in [-0.05, 0) is 37.5 Å². The summed E-state index contributed by atoms with van der Waals surface area (Å²) >= 11 is 0. The van der Waals surface area contributed by atoms with Crippen LogP contribution < -0.4 is 5.32 Å². The van der Waals surface area contributed by atoms with E-state index in [9.17, 15) is 14.0 Å². The Morgan fingerprint density at radius 2 is 2.04 bits per heavy atom. The minimum absolute atomic E-state index is 0.134. The van der Waals surface area contributed by atoms with Gasteiger partial charge in [-0.15, -0.1) is 0 Å². The molecule has 0 unspecified atom stereocenters. The number of oxime groups is 1. The molecule has 0 radical (unpaired) electrons. The Labute approximate surface area is 151 Å². The van der Waals surface area contributed by atoms with Crippen molar-refractivity contribution in [3.63, 3.8) is 0 Å². The van der Waals surface area contributed by atoms with Gasteiger partial charge in [0.1, 0.15) is 17.1 Å². The van der Waals surface area contributed by atoms with Crippen LogP contribution in [0.4, 0.5) is 4.39 Å². The van der Waals surface area contributed by atoms with E-state index in [1.54, 1.807) is 11.0 Å². The summed E-state index contributed by atoms with van der Waals surface area (Å²) in [4.78, 5) is 32.1. The highest BCUT2D eigenvalue weighted by molar-refractivity contribution is 6.39. The summed E-state index contributed by atoms with van der Waals surface area (Å²) in [6.45, 7) is 1.00. The minimum atomic E-state index is -0.495. The second-order valence-corrected chi connectivity index (χ2v) is 7.39. The lowest BCUT2D eigenvalue weighted by molar-refractivity contribution is -0.116. The summed E-state index contributed by atoms with van der Waals surface area (Å²) in [5.74, 6) is -0.731. The number of nitrogens with zero attached hydrogens (tertiary/aromatic N) is 2. The third kappa shape index (κ3) is 3.30. The second-order valence-electron chi connectivity index (χ2n) is 7.39. The molecule has 138 valence electrons. The normalized spacial score (nSPS) is 21.7. The molecule has 2 aliphatic heterocycles. The molecular weight excluding hydrogens is 337 g/mol. The largest absolute Gasteiger partial charge is 0.388 e. The number of carbonyl (C=O) groups excluding carboxylic acids is 2. The van der Waals surface area contributed by atoms with Crippen LogP contribution in [0.25, 0.3) is 0 Å². The Morgan fingerprint density at radius 1 is 1.27 bits per heavy atom. The van der Waals surface area contributed by atoms with Crippen molar-refractivity contribution in [2.24, 2.45) is 5.16 Å². The first-order valence-electron chi connectivity index (χ1n) is 9.15. The third-order valence-corrected chi connectivity index (χ3v) is 5.58. The number of nitrogens with one attached hydrogen (secondary N) is 1. The molecule has 1 aromatic rings. The zero-order valence-electron chi connectivity index (χ0n) is 14.5. The van der Waals surface area contributed by atoms with Crippen LogP contribution in [0, 0.1) is 5.82 Å². The van der Waals surface area contributed by atoms with Gasteiger partial charge in [-0.1, -0.05) is 11.2 Å². The highest BCUT2D eigenvalue weighted by Crippen LogP contribution is 2.35. The summed E-state index contributed by atoms with van der Waals surface area (Å²) in [6.07, 6.45) is 4.92. The molecule has 1 aromatic carbocycles. The van der Waals surface area contributed by atoms with Crippen molar-refractivity contribution in [3.05, 3.63) is 35.6 Å². The molecule has 2 heterocycles. The number of carbonyl (C=O) groups is 2. The molecule has 4 rings (SSSR count). The van der Waals surface area contributed by atoms with Gasteiger partial charge < -0.3 is 15.1 Å². The van der Waals surface area contributed by atoms with Crippen LogP contribution in [0.5, 0.6) is 0 Å². The van der Waals surface area contributed by atoms with Crippen molar-refractivity contribution in [1.29, 1.82) is 0 Å². The van der Waals surface area contributed by atoms with Crippen molar-refractivity contribution >= 4 is 17.5 Å². The van der Waals surface area contributed by atoms with E-state index in [0.717, 1.165) is 19.3 Å². The molecule has 0 aromatic heterocycles. The lowest BCUT2D eigenvalue weighted by atomic mass is 9.86. The lowest BCUT2D eigenvalue weighted by Gasteiger charge is -2.37.